The quantitative estimate of drug-likeness (QED) is 0.623. The first kappa shape index (κ1) is 16.1. The fourth-order valence-electron chi connectivity index (χ4n) is 2.12. The van der Waals surface area contributed by atoms with Crippen LogP contribution in [0.25, 0.3) is 0 Å². The van der Waals surface area contributed by atoms with Gasteiger partial charge in [-0.25, -0.2) is 0 Å². The Morgan fingerprint density at radius 1 is 1.04 bits per heavy atom. The molecule has 1 amide bonds. The summed E-state index contributed by atoms with van der Waals surface area (Å²) in [5.74, 6) is -0.452. The second-order valence-corrected chi connectivity index (χ2v) is 4.85. The largest absolute Gasteiger partial charge is 0.337 e. The Balaban J connectivity index is 2.23. The molecule has 0 heterocycles. The lowest BCUT2D eigenvalue weighted by Crippen LogP contribution is -2.26. The van der Waals surface area contributed by atoms with E-state index in [0.29, 0.717) is 5.56 Å². The second-order valence-electron chi connectivity index (χ2n) is 4.85. The van der Waals surface area contributed by atoms with E-state index in [0.717, 1.165) is 0 Å². The van der Waals surface area contributed by atoms with E-state index in [2.05, 4.69) is 0 Å². The molecule has 0 bridgehead atoms. The molecular weight excluding hydrogens is 302 g/mol. The summed E-state index contributed by atoms with van der Waals surface area (Å²) in [5, 5.41) is 21.8. The van der Waals surface area contributed by atoms with Crippen LogP contribution < -0.4 is 0 Å². The number of nitro benzene ring substituents is 2. The molecule has 0 N–H and O–H groups in total. The van der Waals surface area contributed by atoms with Gasteiger partial charge in [0.05, 0.1) is 16.4 Å². The summed E-state index contributed by atoms with van der Waals surface area (Å²) in [6.07, 6.45) is 0. The fraction of sp³-hybridized carbons (Fsp3) is 0.133. The van der Waals surface area contributed by atoms with Crippen molar-refractivity contribution in [2.45, 2.75) is 6.54 Å². The van der Waals surface area contributed by atoms with Crippen LogP contribution in [0, 0.1) is 20.2 Å². The van der Waals surface area contributed by atoms with E-state index in [1.807, 2.05) is 0 Å². The lowest BCUT2D eigenvalue weighted by atomic mass is 10.1. The molecule has 8 heteroatoms. The highest BCUT2D eigenvalue weighted by Gasteiger charge is 2.19. The Morgan fingerprint density at radius 2 is 1.74 bits per heavy atom. The zero-order valence-electron chi connectivity index (χ0n) is 12.2. The van der Waals surface area contributed by atoms with E-state index >= 15 is 0 Å². The van der Waals surface area contributed by atoms with Crippen LogP contribution in [0.4, 0.5) is 11.4 Å². The minimum absolute atomic E-state index is 0.0265. The van der Waals surface area contributed by atoms with Crippen molar-refractivity contribution < 1.29 is 14.6 Å². The lowest BCUT2D eigenvalue weighted by molar-refractivity contribution is -0.385. The summed E-state index contributed by atoms with van der Waals surface area (Å²) < 4.78 is 0. The maximum Gasteiger partial charge on any atom is 0.274 e. The van der Waals surface area contributed by atoms with E-state index in [1.54, 1.807) is 18.2 Å². The van der Waals surface area contributed by atoms with Crippen molar-refractivity contribution in [3.05, 3.63) is 79.9 Å². The van der Waals surface area contributed by atoms with Crippen LogP contribution in [0.2, 0.25) is 0 Å². The van der Waals surface area contributed by atoms with Crippen molar-refractivity contribution in [1.82, 2.24) is 4.90 Å². The van der Waals surface area contributed by atoms with E-state index in [-0.39, 0.29) is 23.5 Å². The molecule has 8 nitrogen and oxygen atoms in total. The summed E-state index contributed by atoms with van der Waals surface area (Å²) in [5.41, 5.74) is 0.278. The lowest BCUT2D eigenvalue weighted by Gasteiger charge is -2.17. The van der Waals surface area contributed by atoms with Crippen molar-refractivity contribution in [2.24, 2.45) is 0 Å². The molecule has 0 saturated carbocycles. The predicted molar refractivity (Wildman–Crippen MR) is 82.0 cm³/mol. The predicted octanol–water partition coefficient (Wildman–Crippen LogP) is 2.78. The highest BCUT2D eigenvalue weighted by molar-refractivity contribution is 5.94. The van der Waals surface area contributed by atoms with Gasteiger partial charge in [0.1, 0.15) is 0 Å². The first-order chi connectivity index (χ1) is 10.9. The smallest absolute Gasteiger partial charge is 0.274 e. The molecule has 0 atom stereocenters. The molecule has 2 rings (SSSR count). The summed E-state index contributed by atoms with van der Waals surface area (Å²) in [6, 6.07) is 11.5. The van der Waals surface area contributed by atoms with Crippen molar-refractivity contribution in [1.29, 1.82) is 0 Å². The Hall–Kier alpha value is -3.29. The topological polar surface area (TPSA) is 107 Å². The van der Waals surface area contributed by atoms with Crippen LogP contribution in [-0.2, 0) is 6.54 Å². The molecule has 0 unspecified atom stereocenters. The SMILES string of the molecule is CN(Cc1ccccc1[N+](=O)[O-])C(=O)c1cccc([N+](=O)[O-])c1. The van der Waals surface area contributed by atoms with Gasteiger partial charge in [0, 0.05) is 36.4 Å². The number of hydrogen-bond acceptors (Lipinski definition) is 5. The molecular formula is C15H13N3O5. The summed E-state index contributed by atoms with van der Waals surface area (Å²) in [6.45, 7) is 0.0265. The zero-order chi connectivity index (χ0) is 17.0. The summed E-state index contributed by atoms with van der Waals surface area (Å²) >= 11 is 0. The zero-order valence-corrected chi connectivity index (χ0v) is 12.2. The van der Waals surface area contributed by atoms with Gasteiger partial charge in [-0.2, -0.15) is 0 Å². The molecule has 118 valence electrons. The molecule has 0 aliphatic heterocycles. The first-order valence-corrected chi connectivity index (χ1v) is 6.62. The van der Waals surface area contributed by atoms with Gasteiger partial charge in [-0.3, -0.25) is 25.0 Å². The molecule has 2 aromatic rings. The van der Waals surface area contributed by atoms with Crippen LogP contribution in [0.5, 0.6) is 0 Å². The molecule has 0 aliphatic carbocycles. The number of carbonyl (C=O) groups is 1. The molecule has 2 aromatic carbocycles. The van der Waals surface area contributed by atoms with E-state index < -0.39 is 15.8 Å². The van der Waals surface area contributed by atoms with Gasteiger partial charge in [-0.1, -0.05) is 24.3 Å². The van der Waals surface area contributed by atoms with E-state index in [4.69, 9.17) is 0 Å². The van der Waals surface area contributed by atoms with Crippen molar-refractivity contribution in [3.63, 3.8) is 0 Å². The molecule has 0 fully saturated rings. The first-order valence-electron chi connectivity index (χ1n) is 6.62. The number of benzene rings is 2. The number of nitrogens with zero attached hydrogens (tertiary/aromatic N) is 3. The van der Waals surface area contributed by atoms with E-state index in [1.165, 1.54) is 42.3 Å². The van der Waals surface area contributed by atoms with Gasteiger partial charge in [0.25, 0.3) is 17.3 Å². The second kappa shape index (κ2) is 6.65. The van der Waals surface area contributed by atoms with Crippen LogP contribution in [0.15, 0.2) is 48.5 Å². The van der Waals surface area contributed by atoms with Gasteiger partial charge in [-0.15, -0.1) is 0 Å². The third kappa shape index (κ3) is 3.67. The normalized spacial score (nSPS) is 10.1. The fourth-order valence-corrected chi connectivity index (χ4v) is 2.12. The van der Waals surface area contributed by atoms with Crippen LogP contribution >= 0.6 is 0 Å². The number of non-ortho nitro benzene ring substituents is 1. The van der Waals surface area contributed by atoms with Gasteiger partial charge in [0.15, 0.2) is 0 Å². The van der Waals surface area contributed by atoms with Gasteiger partial charge in [0.2, 0.25) is 0 Å². The molecule has 0 aromatic heterocycles. The highest BCUT2D eigenvalue weighted by Crippen LogP contribution is 2.20. The molecule has 23 heavy (non-hydrogen) atoms. The Kier molecular flexibility index (Phi) is 4.65. The average Bonchev–Trinajstić information content (AvgIpc) is 2.54. The Labute approximate surface area is 131 Å². The molecule has 0 radical (unpaired) electrons. The average molecular weight is 315 g/mol. The summed E-state index contributed by atoms with van der Waals surface area (Å²) in [7, 11) is 1.48. The Morgan fingerprint density at radius 3 is 2.39 bits per heavy atom. The van der Waals surface area contributed by atoms with Gasteiger partial charge >= 0.3 is 0 Å². The van der Waals surface area contributed by atoms with Crippen LogP contribution in [0.1, 0.15) is 15.9 Å². The highest BCUT2D eigenvalue weighted by atomic mass is 16.6. The third-order valence-corrected chi connectivity index (χ3v) is 3.25. The maximum atomic E-state index is 12.3. The number of rotatable bonds is 5. The number of para-hydroxylation sites is 1. The summed E-state index contributed by atoms with van der Waals surface area (Å²) in [4.78, 5) is 34.3. The van der Waals surface area contributed by atoms with E-state index in [9.17, 15) is 25.0 Å². The maximum absolute atomic E-state index is 12.3. The number of hydrogen-bond donors (Lipinski definition) is 0. The van der Waals surface area contributed by atoms with Gasteiger partial charge in [-0.05, 0) is 6.07 Å². The van der Waals surface area contributed by atoms with Crippen LogP contribution in [0.3, 0.4) is 0 Å². The number of amides is 1. The minimum Gasteiger partial charge on any atom is -0.337 e. The standard InChI is InChI=1S/C15H13N3O5/c1-16(10-12-5-2-3-8-14(12)18(22)23)15(19)11-6-4-7-13(9-11)17(20)21/h2-9H,10H2,1H3. The van der Waals surface area contributed by atoms with Crippen molar-refractivity contribution >= 4 is 17.3 Å². The number of nitro groups is 2. The van der Waals surface area contributed by atoms with Gasteiger partial charge < -0.3 is 4.90 Å². The Bertz CT molecular complexity index is 775. The monoisotopic (exact) mass is 315 g/mol. The molecule has 0 spiro atoms. The van der Waals surface area contributed by atoms with Crippen molar-refractivity contribution in [2.75, 3.05) is 7.05 Å². The third-order valence-electron chi connectivity index (χ3n) is 3.25. The minimum atomic E-state index is -0.585. The molecule has 0 aliphatic rings. The van der Waals surface area contributed by atoms with Crippen LogP contribution in [-0.4, -0.2) is 27.7 Å². The number of carbonyl (C=O) groups excluding carboxylic acids is 1. The molecule has 0 saturated heterocycles. The van der Waals surface area contributed by atoms with Crippen molar-refractivity contribution in [3.8, 4) is 0 Å².